The summed E-state index contributed by atoms with van der Waals surface area (Å²) in [5.74, 6) is -1.17. The van der Waals surface area contributed by atoms with Crippen molar-refractivity contribution in [1.29, 1.82) is 0 Å². The number of aromatic nitrogens is 1. The molecule has 0 radical (unpaired) electrons. The molecule has 0 aromatic carbocycles. The van der Waals surface area contributed by atoms with Crippen molar-refractivity contribution in [3.05, 3.63) is 29.3 Å². The van der Waals surface area contributed by atoms with Gasteiger partial charge in [-0.3, -0.25) is 0 Å². The summed E-state index contributed by atoms with van der Waals surface area (Å²) in [4.78, 5) is 14.7. The van der Waals surface area contributed by atoms with Gasteiger partial charge in [0.15, 0.2) is 5.69 Å². The van der Waals surface area contributed by atoms with Crippen LogP contribution in [0.25, 0.3) is 0 Å². The van der Waals surface area contributed by atoms with Gasteiger partial charge in [-0.25, -0.2) is 9.78 Å². The number of pyridine rings is 1. The summed E-state index contributed by atoms with van der Waals surface area (Å²) in [6, 6.07) is 3.13. The van der Waals surface area contributed by atoms with Crippen molar-refractivity contribution in [2.24, 2.45) is 0 Å². The van der Waals surface area contributed by atoms with Gasteiger partial charge in [0.05, 0.1) is 7.11 Å². The second-order valence-electron chi connectivity index (χ2n) is 4.09. The maximum atomic E-state index is 13.6. The van der Waals surface area contributed by atoms with Gasteiger partial charge in [0.2, 0.25) is 5.95 Å². The van der Waals surface area contributed by atoms with Crippen LogP contribution in [0.2, 0.25) is 0 Å². The zero-order chi connectivity index (χ0) is 11.1. The fourth-order valence-corrected chi connectivity index (χ4v) is 1.56. The monoisotopic (exact) mass is 209 g/mol. The van der Waals surface area contributed by atoms with Crippen molar-refractivity contribution < 1.29 is 13.9 Å². The van der Waals surface area contributed by atoms with Crippen LogP contribution in [0.15, 0.2) is 12.1 Å². The summed E-state index contributed by atoms with van der Waals surface area (Å²) in [5.41, 5.74) is 0.532. The Morgan fingerprint density at radius 1 is 1.53 bits per heavy atom. The lowest BCUT2D eigenvalue weighted by Gasteiger charge is -2.09. The third kappa shape index (κ3) is 1.71. The first-order valence-electron chi connectivity index (χ1n) is 4.82. The van der Waals surface area contributed by atoms with Crippen molar-refractivity contribution in [2.75, 3.05) is 7.11 Å². The SMILES string of the molecule is COC(=O)c1ccc(C2(C)CC2)c(F)n1. The summed E-state index contributed by atoms with van der Waals surface area (Å²) in [5, 5.41) is 0. The van der Waals surface area contributed by atoms with E-state index in [9.17, 15) is 9.18 Å². The van der Waals surface area contributed by atoms with Crippen LogP contribution < -0.4 is 0 Å². The van der Waals surface area contributed by atoms with Gasteiger partial charge in [0, 0.05) is 5.56 Å². The Kier molecular flexibility index (Phi) is 2.21. The van der Waals surface area contributed by atoms with Crippen LogP contribution in [-0.4, -0.2) is 18.1 Å². The van der Waals surface area contributed by atoms with Crippen molar-refractivity contribution >= 4 is 5.97 Å². The molecule has 1 saturated carbocycles. The molecule has 0 spiro atoms. The molecule has 1 aromatic rings. The van der Waals surface area contributed by atoms with Gasteiger partial charge in [0.25, 0.3) is 0 Å². The first kappa shape index (κ1) is 10.1. The Balaban J connectivity index is 2.35. The number of hydrogen-bond acceptors (Lipinski definition) is 3. The first-order chi connectivity index (χ1) is 7.07. The number of esters is 1. The summed E-state index contributed by atoms with van der Waals surface area (Å²) in [6.45, 7) is 1.99. The Morgan fingerprint density at radius 3 is 2.67 bits per heavy atom. The van der Waals surface area contributed by atoms with E-state index in [0.29, 0.717) is 5.56 Å². The standard InChI is InChI=1S/C11H12FNO2/c1-11(5-6-11)7-3-4-8(10(14)15-2)13-9(7)12/h3-4H,5-6H2,1-2H3. The minimum absolute atomic E-state index is 0.0167. The zero-order valence-electron chi connectivity index (χ0n) is 8.71. The molecule has 0 saturated heterocycles. The Labute approximate surface area is 87.3 Å². The van der Waals surface area contributed by atoms with E-state index in [1.54, 1.807) is 6.07 Å². The average Bonchev–Trinajstić information content (AvgIpc) is 2.96. The number of carbonyl (C=O) groups excluding carboxylic acids is 1. The van der Waals surface area contributed by atoms with E-state index in [4.69, 9.17) is 0 Å². The van der Waals surface area contributed by atoms with Gasteiger partial charge in [-0.2, -0.15) is 4.39 Å². The van der Waals surface area contributed by atoms with E-state index < -0.39 is 11.9 Å². The molecule has 15 heavy (non-hydrogen) atoms. The van der Waals surface area contributed by atoms with Crippen LogP contribution >= 0.6 is 0 Å². The van der Waals surface area contributed by atoms with Gasteiger partial charge >= 0.3 is 5.97 Å². The van der Waals surface area contributed by atoms with Crippen molar-refractivity contribution in [2.45, 2.75) is 25.2 Å². The summed E-state index contributed by atoms with van der Waals surface area (Å²) < 4.78 is 18.0. The molecule has 1 fully saturated rings. The third-order valence-electron chi connectivity index (χ3n) is 2.89. The van der Waals surface area contributed by atoms with E-state index in [-0.39, 0.29) is 11.1 Å². The molecular weight excluding hydrogens is 197 g/mol. The molecule has 1 aliphatic rings. The van der Waals surface area contributed by atoms with Crippen LogP contribution in [-0.2, 0) is 10.2 Å². The second kappa shape index (κ2) is 3.29. The molecule has 0 unspecified atom stereocenters. The molecule has 1 heterocycles. The minimum Gasteiger partial charge on any atom is -0.464 e. The number of rotatable bonds is 2. The first-order valence-corrected chi connectivity index (χ1v) is 4.82. The highest BCUT2D eigenvalue weighted by molar-refractivity contribution is 5.87. The van der Waals surface area contributed by atoms with Gasteiger partial charge in [-0.1, -0.05) is 13.0 Å². The fraction of sp³-hybridized carbons (Fsp3) is 0.455. The van der Waals surface area contributed by atoms with E-state index in [1.807, 2.05) is 6.92 Å². The van der Waals surface area contributed by atoms with E-state index in [1.165, 1.54) is 13.2 Å². The molecule has 4 heteroatoms. The molecule has 1 aliphatic carbocycles. The number of methoxy groups -OCH3 is 1. The van der Waals surface area contributed by atoms with Crippen molar-refractivity contribution in [3.8, 4) is 0 Å². The predicted octanol–water partition coefficient (Wildman–Crippen LogP) is 2.06. The highest BCUT2D eigenvalue weighted by atomic mass is 19.1. The molecule has 0 amide bonds. The molecule has 2 rings (SSSR count). The molecule has 3 nitrogen and oxygen atoms in total. The van der Waals surface area contributed by atoms with Crippen LogP contribution in [0, 0.1) is 5.95 Å². The Morgan fingerprint density at radius 2 is 2.20 bits per heavy atom. The van der Waals surface area contributed by atoms with Gasteiger partial charge < -0.3 is 4.74 Å². The summed E-state index contributed by atoms with van der Waals surface area (Å²) in [7, 11) is 1.25. The molecular formula is C11H12FNO2. The van der Waals surface area contributed by atoms with Crippen LogP contribution in [0.5, 0.6) is 0 Å². The zero-order valence-corrected chi connectivity index (χ0v) is 8.71. The molecule has 0 atom stereocenters. The number of hydrogen-bond donors (Lipinski definition) is 0. The number of ether oxygens (including phenoxy) is 1. The largest absolute Gasteiger partial charge is 0.464 e. The van der Waals surface area contributed by atoms with Gasteiger partial charge in [-0.05, 0) is 24.3 Å². The van der Waals surface area contributed by atoms with Crippen molar-refractivity contribution in [3.63, 3.8) is 0 Å². The molecule has 0 N–H and O–H groups in total. The van der Waals surface area contributed by atoms with E-state index in [0.717, 1.165) is 12.8 Å². The topological polar surface area (TPSA) is 39.2 Å². The normalized spacial score (nSPS) is 17.3. The summed E-state index contributed by atoms with van der Waals surface area (Å²) in [6.07, 6.45) is 1.95. The summed E-state index contributed by atoms with van der Waals surface area (Å²) >= 11 is 0. The van der Waals surface area contributed by atoms with Crippen LogP contribution in [0.3, 0.4) is 0 Å². The average molecular weight is 209 g/mol. The molecule has 1 aromatic heterocycles. The Hall–Kier alpha value is -1.45. The molecule has 80 valence electrons. The number of nitrogens with zero attached hydrogens (tertiary/aromatic N) is 1. The van der Waals surface area contributed by atoms with E-state index >= 15 is 0 Å². The second-order valence-corrected chi connectivity index (χ2v) is 4.09. The lowest BCUT2D eigenvalue weighted by molar-refractivity contribution is 0.0592. The maximum absolute atomic E-state index is 13.6. The minimum atomic E-state index is -0.610. The number of halogens is 1. The fourth-order valence-electron chi connectivity index (χ4n) is 1.56. The third-order valence-corrected chi connectivity index (χ3v) is 2.89. The Bertz CT molecular complexity index is 413. The predicted molar refractivity (Wildman–Crippen MR) is 52.1 cm³/mol. The lowest BCUT2D eigenvalue weighted by atomic mass is 10.00. The lowest BCUT2D eigenvalue weighted by Crippen LogP contribution is -2.10. The van der Waals surface area contributed by atoms with Crippen LogP contribution in [0.4, 0.5) is 4.39 Å². The van der Waals surface area contributed by atoms with E-state index in [2.05, 4.69) is 9.72 Å². The smallest absolute Gasteiger partial charge is 0.356 e. The van der Waals surface area contributed by atoms with Gasteiger partial charge in [0.1, 0.15) is 0 Å². The molecule has 0 bridgehead atoms. The highest BCUT2D eigenvalue weighted by Crippen LogP contribution is 2.48. The van der Waals surface area contributed by atoms with Gasteiger partial charge in [-0.15, -0.1) is 0 Å². The number of carbonyl (C=O) groups is 1. The van der Waals surface area contributed by atoms with Crippen LogP contribution in [0.1, 0.15) is 35.8 Å². The molecule has 0 aliphatic heterocycles. The quantitative estimate of drug-likeness (QED) is 0.552. The maximum Gasteiger partial charge on any atom is 0.356 e. The van der Waals surface area contributed by atoms with Crippen molar-refractivity contribution in [1.82, 2.24) is 4.98 Å². The highest BCUT2D eigenvalue weighted by Gasteiger charge is 2.41.